The number of amides is 1. The number of benzene rings is 2. The molecule has 1 saturated carbocycles. The molecular weight excluding hydrogens is 462 g/mol. The normalized spacial score (nSPS) is 18.1. The van der Waals surface area contributed by atoms with E-state index in [1.165, 1.54) is 23.3 Å². The van der Waals surface area contributed by atoms with Gasteiger partial charge in [-0.1, -0.05) is 38.1 Å². The van der Waals surface area contributed by atoms with Gasteiger partial charge in [0.05, 0.1) is 13.2 Å². The second-order valence-electron chi connectivity index (χ2n) is 10.2. The first-order valence-corrected chi connectivity index (χ1v) is 12.9. The SMILES string of the molecule is CC(=O)NCCCNC1(c2cccc(C(C)C)c2)CCC2(CC1)OCCO2.Cc1cc(F)cc(F)c1. The predicted molar refractivity (Wildman–Crippen MR) is 138 cm³/mol. The molecule has 5 nitrogen and oxygen atoms in total. The zero-order chi connectivity index (χ0) is 26.2. The lowest BCUT2D eigenvalue weighted by Crippen LogP contribution is -2.50. The Balaban J connectivity index is 0.000000338. The Morgan fingerprint density at radius 2 is 1.61 bits per heavy atom. The number of hydrogen-bond acceptors (Lipinski definition) is 4. The van der Waals surface area contributed by atoms with Crippen LogP contribution in [0.5, 0.6) is 0 Å². The summed E-state index contributed by atoms with van der Waals surface area (Å²) in [6.45, 7) is 10.7. The van der Waals surface area contributed by atoms with Crippen LogP contribution in [0.1, 0.15) is 75.5 Å². The number of aryl methyl sites for hydroxylation is 1. The molecule has 1 spiro atoms. The molecule has 7 heteroatoms. The summed E-state index contributed by atoms with van der Waals surface area (Å²) >= 11 is 0. The molecule has 0 bridgehead atoms. The third kappa shape index (κ3) is 7.82. The van der Waals surface area contributed by atoms with Crippen molar-refractivity contribution in [1.29, 1.82) is 0 Å². The third-order valence-electron chi connectivity index (χ3n) is 6.98. The molecule has 4 rings (SSSR count). The molecule has 0 atom stereocenters. The maximum Gasteiger partial charge on any atom is 0.216 e. The number of hydrogen-bond donors (Lipinski definition) is 2. The number of carbonyl (C=O) groups is 1. The van der Waals surface area contributed by atoms with Gasteiger partial charge >= 0.3 is 0 Å². The highest BCUT2D eigenvalue weighted by atomic mass is 19.1. The summed E-state index contributed by atoms with van der Waals surface area (Å²) in [4.78, 5) is 11.1. The fourth-order valence-electron chi connectivity index (χ4n) is 4.98. The second kappa shape index (κ2) is 12.7. The highest BCUT2D eigenvalue weighted by molar-refractivity contribution is 5.72. The van der Waals surface area contributed by atoms with Crippen LogP contribution in [-0.2, 0) is 19.8 Å². The minimum atomic E-state index is -0.521. The Hall–Kier alpha value is -2.35. The lowest BCUT2D eigenvalue weighted by Gasteiger charge is -2.45. The minimum Gasteiger partial charge on any atom is -0.356 e. The molecule has 36 heavy (non-hydrogen) atoms. The molecule has 1 saturated heterocycles. The first-order chi connectivity index (χ1) is 17.1. The van der Waals surface area contributed by atoms with Crippen molar-refractivity contribution >= 4 is 5.91 Å². The maximum absolute atomic E-state index is 12.2. The molecule has 1 aliphatic carbocycles. The van der Waals surface area contributed by atoms with Crippen LogP contribution in [0.4, 0.5) is 8.78 Å². The van der Waals surface area contributed by atoms with Crippen molar-refractivity contribution in [1.82, 2.24) is 10.6 Å². The highest BCUT2D eigenvalue weighted by Crippen LogP contribution is 2.45. The summed E-state index contributed by atoms with van der Waals surface area (Å²) in [5.41, 5.74) is 3.29. The number of halogens is 2. The first kappa shape index (κ1) is 28.2. The Kier molecular flexibility index (Phi) is 10.00. The Bertz CT molecular complexity index is 945. The van der Waals surface area contributed by atoms with Crippen molar-refractivity contribution in [2.45, 2.75) is 77.0 Å². The lowest BCUT2D eigenvalue weighted by atomic mass is 9.73. The van der Waals surface area contributed by atoms with Crippen molar-refractivity contribution in [3.05, 3.63) is 70.8 Å². The van der Waals surface area contributed by atoms with E-state index in [0.29, 0.717) is 31.2 Å². The summed E-state index contributed by atoms with van der Waals surface area (Å²) in [5.74, 6) is -0.862. The van der Waals surface area contributed by atoms with Gasteiger partial charge in [0.15, 0.2) is 5.79 Å². The van der Waals surface area contributed by atoms with Crippen molar-refractivity contribution in [3.63, 3.8) is 0 Å². The van der Waals surface area contributed by atoms with E-state index < -0.39 is 11.6 Å². The van der Waals surface area contributed by atoms with Crippen molar-refractivity contribution in [2.75, 3.05) is 26.3 Å². The van der Waals surface area contributed by atoms with Crippen LogP contribution >= 0.6 is 0 Å². The molecule has 1 amide bonds. The molecule has 2 aromatic carbocycles. The van der Waals surface area contributed by atoms with E-state index in [1.54, 1.807) is 13.8 Å². The molecule has 2 N–H and O–H groups in total. The molecule has 1 aliphatic heterocycles. The highest BCUT2D eigenvalue weighted by Gasteiger charge is 2.46. The van der Waals surface area contributed by atoms with E-state index in [1.807, 2.05) is 0 Å². The van der Waals surface area contributed by atoms with E-state index in [2.05, 4.69) is 48.7 Å². The standard InChI is InChI=1S/C22H34N2O3.C7H6F2/c1-17(2)19-6-4-7-20(16-19)21(24-13-5-12-23-18(3)25)8-10-22(11-9-21)26-14-15-27-22;1-5-2-6(8)4-7(9)3-5/h4,6-7,16-17,24H,5,8-15H2,1-3H3,(H,23,25);2-4H,1H3. The van der Waals surface area contributed by atoms with Gasteiger partial charge in [0.25, 0.3) is 0 Å². The Morgan fingerprint density at radius 1 is 0.972 bits per heavy atom. The van der Waals surface area contributed by atoms with Gasteiger partial charge in [0, 0.05) is 37.9 Å². The summed E-state index contributed by atoms with van der Waals surface area (Å²) in [6.07, 6.45) is 4.74. The number of rotatable bonds is 7. The smallest absolute Gasteiger partial charge is 0.216 e. The van der Waals surface area contributed by atoms with Gasteiger partial charge < -0.3 is 20.1 Å². The van der Waals surface area contributed by atoms with Crippen LogP contribution < -0.4 is 10.6 Å². The molecule has 2 aliphatic rings. The fraction of sp³-hybridized carbons (Fsp3) is 0.552. The molecule has 198 valence electrons. The first-order valence-electron chi connectivity index (χ1n) is 12.9. The minimum absolute atomic E-state index is 0.0319. The summed E-state index contributed by atoms with van der Waals surface area (Å²) in [5, 5.41) is 6.72. The van der Waals surface area contributed by atoms with Crippen molar-refractivity contribution in [2.24, 2.45) is 0 Å². The molecule has 1 heterocycles. The Labute approximate surface area is 214 Å². The number of nitrogens with one attached hydrogen (secondary N) is 2. The van der Waals surface area contributed by atoms with Crippen LogP contribution in [0, 0.1) is 18.6 Å². The van der Waals surface area contributed by atoms with Crippen LogP contribution in [-0.4, -0.2) is 38.0 Å². The molecule has 0 unspecified atom stereocenters. The van der Waals surface area contributed by atoms with E-state index in [9.17, 15) is 13.6 Å². The van der Waals surface area contributed by atoms with Crippen LogP contribution in [0.15, 0.2) is 42.5 Å². The predicted octanol–water partition coefficient (Wildman–Crippen LogP) is 5.71. The maximum atomic E-state index is 12.2. The average Bonchev–Trinajstić information content (AvgIpc) is 3.28. The van der Waals surface area contributed by atoms with Crippen molar-refractivity contribution < 1.29 is 23.0 Å². The van der Waals surface area contributed by atoms with Gasteiger partial charge in [-0.3, -0.25) is 4.79 Å². The van der Waals surface area contributed by atoms with Gasteiger partial charge in [-0.05, 0) is 67.5 Å². The number of ether oxygens (including phenoxy) is 2. The van der Waals surface area contributed by atoms with Crippen molar-refractivity contribution in [3.8, 4) is 0 Å². The molecule has 2 fully saturated rings. The zero-order valence-electron chi connectivity index (χ0n) is 22.0. The number of carbonyl (C=O) groups excluding carboxylic acids is 1. The van der Waals surface area contributed by atoms with E-state index >= 15 is 0 Å². The fourth-order valence-corrected chi connectivity index (χ4v) is 4.98. The largest absolute Gasteiger partial charge is 0.356 e. The van der Waals surface area contributed by atoms with Crippen LogP contribution in [0.3, 0.4) is 0 Å². The average molecular weight is 503 g/mol. The molecule has 2 aromatic rings. The zero-order valence-corrected chi connectivity index (χ0v) is 22.0. The van der Waals surface area contributed by atoms with Gasteiger partial charge in [0.1, 0.15) is 11.6 Å². The van der Waals surface area contributed by atoms with E-state index in [0.717, 1.165) is 44.7 Å². The molecule has 0 radical (unpaired) electrons. The van der Waals surface area contributed by atoms with Gasteiger partial charge in [0.2, 0.25) is 5.91 Å². The quantitative estimate of drug-likeness (QED) is 0.476. The molecular formula is C29H40F2N2O3. The van der Waals surface area contributed by atoms with E-state index in [4.69, 9.17) is 9.47 Å². The summed E-state index contributed by atoms with van der Waals surface area (Å²) in [6, 6.07) is 12.4. The third-order valence-corrected chi connectivity index (χ3v) is 6.98. The van der Waals surface area contributed by atoms with E-state index in [-0.39, 0.29) is 17.2 Å². The Morgan fingerprint density at radius 3 is 2.17 bits per heavy atom. The monoisotopic (exact) mass is 502 g/mol. The topological polar surface area (TPSA) is 59.6 Å². The summed E-state index contributed by atoms with van der Waals surface area (Å²) in [7, 11) is 0. The second-order valence-corrected chi connectivity index (χ2v) is 10.2. The lowest BCUT2D eigenvalue weighted by molar-refractivity contribution is -0.187. The van der Waals surface area contributed by atoms with Crippen LogP contribution in [0.2, 0.25) is 0 Å². The van der Waals surface area contributed by atoms with Gasteiger partial charge in [-0.25, -0.2) is 8.78 Å². The molecule has 0 aromatic heterocycles. The van der Waals surface area contributed by atoms with Gasteiger partial charge in [-0.15, -0.1) is 0 Å². The van der Waals surface area contributed by atoms with Gasteiger partial charge in [-0.2, -0.15) is 0 Å². The van der Waals surface area contributed by atoms with Crippen LogP contribution in [0.25, 0.3) is 0 Å². The summed E-state index contributed by atoms with van der Waals surface area (Å²) < 4.78 is 36.3.